The number of nitrogens with one attached hydrogen (secondary N) is 2. The summed E-state index contributed by atoms with van der Waals surface area (Å²) in [5, 5.41) is 5.63. The minimum absolute atomic E-state index is 0.147. The van der Waals surface area contributed by atoms with E-state index in [-0.39, 0.29) is 31.4 Å². The van der Waals surface area contributed by atoms with Crippen molar-refractivity contribution >= 4 is 39.5 Å². The second kappa shape index (κ2) is 8.19. The summed E-state index contributed by atoms with van der Waals surface area (Å²) in [7, 11) is 0. The summed E-state index contributed by atoms with van der Waals surface area (Å²) in [6, 6.07) is 13.3. The molecule has 0 bridgehead atoms. The van der Waals surface area contributed by atoms with Gasteiger partial charge in [0.05, 0.1) is 5.57 Å². The summed E-state index contributed by atoms with van der Waals surface area (Å²) in [5.74, 6) is 0.407. The molecule has 1 heterocycles. The van der Waals surface area contributed by atoms with Crippen LogP contribution in [-0.2, 0) is 9.59 Å². The Labute approximate surface area is 160 Å². The third-order valence-electron chi connectivity index (χ3n) is 4.03. The zero-order chi connectivity index (χ0) is 18.5. The van der Waals surface area contributed by atoms with Gasteiger partial charge in [-0.25, -0.2) is 0 Å². The van der Waals surface area contributed by atoms with E-state index < -0.39 is 0 Å². The molecule has 26 heavy (non-hydrogen) atoms. The van der Waals surface area contributed by atoms with Gasteiger partial charge in [-0.3, -0.25) is 9.59 Å². The van der Waals surface area contributed by atoms with Crippen LogP contribution in [0.15, 0.2) is 52.5 Å². The fraction of sp³-hybridized carbons (Fsp3) is 0.200. The first-order chi connectivity index (χ1) is 12.5. The highest BCUT2D eigenvalue weighted by molar-refractivity contribution is 9.10. The summed E-state index contributed by atoms with van der Waals surface area (Å²) in [6.07, 6.45) is 2.02. The number of benzene rings is 2. The average molecular weight is 415 g/mol. The van der Waals surface area contributed by atoms with Crippen molar-refractivity contribution in [3.8, 4) is 5.75 Å². The second-order valence-electron chi connectivity index (χ2n) is 6.01. The molecule has 0 radical (unpaired) electrons. The lowest BCUT2D eigenvalue weighted by Gasteiger charge is -2.17. The maximum Gasteiger partial charge on any atom is 0.250 e. The standard InChI is InChI=1S/C20H19BrN2O3/c1-13-6-7-16(21)11-17(13)23-19(24)8-9-22-20(25)15-10-14-4-2-3-5-18(14)26-12-15/h2-7,10-11H,8-9,12H2,1H3,(H,22,25)(H,23,24). The van der Waals surface area contributed by atoms with Gasteiger partial charge in [-0.05, 0) is 36.8 Å². The van der Waals surface area contributed by atoms with Crippen LogP contribution in [0.2, 0.25) is 0 Å². The van der Waals surface area contributed by atoms with Crippen molar-refractivity contribution in [3.05, 3.63) is 63.6 Å². The van der Waals surface area contributed by atoms with Gasteiger partial charge in [-0.15, -0.1) is 0 Å². The van der Waals surface area contributed by atoms with E-state index in [1.165, 1.54) is 0 Å². The third kappa shape index (κ3) is 4.52. The molecule has 6 heteroatoms. The molecule has 3 rings (SSSR count). The predicted octanol–water partition coefficient (Wildman–Crippen LogP) is 3.68. The van der Waals surface area contributed by atoms with Crippen molar-refractivity contribution in [1.82, 2.24) is 5.32 Å². The first-order valence-corrected chi connectivity index (χ1v) is 9.09. The number of carbonyl (C=O) groups excluding carboxylic acids is 2. The van der Waals surface area contributed by atoms with Crippen molar-refractivity contribution in [1.29, 1.82) is 0 Å². The van der Waals surface area contributed by atoms with E-state index in [4.69, 9.17) is 4.74 Å². The molecule has 1 aliphatic rings. The predicted molar refractivity (Wildman–Crippen MR) is 105 cm³/mol. The van der Waals surface area contributed by atoms with Gasteiger partial charge in [0, 0.05) is 28.7 Å². The quantitative estimate of drug-likeness (QED) is 0.783. The Hall–Kier alpha value is -2.60. The van der Waals surface area contributed by atoms with E-state index >= 15 is 0 Å². The number of anilines is 1. The summed E-state index contributed by atoms with van der Waals surface area (Å²) in [4.78, 5) is 24.3. The highest BCUT2D eigenvalue weighted by atomic mass is 79.9. The summed E-state index contributed by atoms with van der Waals surface area (Å²) in [6.45, 7) is 2.42. The number of para-hydroxylation sites is 1. The minimum atomic E-state index is -0.217. The molecule has 0 saturated heterocycles. The van der Waals surface area contributed by atoms with E-state index in [1.807, 2.05) is 55.5 Å². The summed E-state index contributed by atoms with van der Waals surface area (Å²) < 4.78 is 6.47. The van der Waals surface area contributed by atoms with Crippen LogP contribution in [0.4, 0.5) is 5.69 Å². The van der Waals surface area contributed by atoms with E-state index in [0.29, 0.717) is 5.57 Å². The molecule has 2 aromatic carbocycles. The van der Waals surface area contributed by atoms with Crippen LogP contribution in [0.1, 0.15) is 17.5 Å². The van der Waals surface area contributed by atoms with Crippen LogP contribution in [0, 0.1) is 6.92 Å². The first kappa shape index (κ1) is 18.2. The summed E-state index contributed by atoms with van der Waals surface area (Å²) >= 11 is 3.39. The number of ether oxygens (including phenoxy) is 1. The maximum absolute atomic E-state index is 12.2. The monoisotopic (exact) mass is 414 g/mol. The molecular weight excluding hydrogens is 396 g/mol. The Morgan fingerprint density at radius 2 is 2.00 bits per heavy atom. The van der Waals surface area contributed by atoms with Gasteiger partial charge in [0.2, 0.25) is 5.91 Å². The molecule has 0 fully saturated rings. The van der Waals surface area contributed by atoms with Gasteiger partial charge >= 0.3 is 0 Å². The molecule has 5 nitrogen and oxygen atoms in total. The van der Waals surface area contributed by atoms with Crippen molar-refractivity contribution in [2.75, 3.05) is 18.5 Å². The molecule has 134 valence electrons. The van der Waals surface area contributed by atoms with Gasteiger partial charge in [0.25, 0.3) is 5.91 Å². The molecule has 0 unspecified atom stereocenters. The Balaban J connectivity index is 1.50. The Morgan fingerprint density at radius 1 is 1.19 bits per heavy atom. The number of fused-ring (bicyclic) bond motifs is 1. The normalized spacial score (nSPS) is 12.5. The highest BCUT2D eigenvalue weighted by Crippen LogP contribution is 2.25. The van der Waals surface area contributed by atoms with E-state index in [1.54, 1.807) is 0 Å². The first-order valence-electron chi connectivity index (χ1n) is 8.29. The van der Waals surface area contributed by atoms with Crippen LogP contribution in [0.3, 0.4) is 0 Å². The smallest absolute Gasteiger partial charge is 0.250 e. The van der Waals surface area contributed by atoms with Crippen LogP contribution in [0.25, 0.3) is 6.08 Å². The molecule has 0 saturated carbocycles. The van der Waals surface area contributed by atoms with E-state index in [0.717, 1.165) is 27.0 Å². The molecule has 1 aliphatic heterocycles. The van der Waals surface area contributed by atoms with Gasteiger partial charge in [-0.1, -0.05) is 40.2 Å². The van der Waals surface area contributed by atoms with E-state index in [9.17, 15) is 9.59 Å². The molecule has 0 atom stereocenters. The zero-order valence-corrected chi connectivity index (χ0v) is 15.9. The van der Waals surface area contributed by atoms with Crippen LogP contribution >= 0.6 is 15.9 Å². The molecule has 0 aromatic heterocycles. The SMILES string of the molecule is Cc1ccc(Br)cc1NC(=O)CCNC(=O)C1=Cc2ccccc2OC1. The Morgan fingerprint density at radius 3 is 2.85 bits per heavy atom. The second-order valence-corrected chi connectivity index (χ2v) is 6.93. The van der Waals surface area contributed by atoms with Crippen LogP contribution in [-0.4, -0.2) is 25.0 Å². The third-order valence-corrected chi connectivity index (χ3v) is 4.53. The molecule has 2 aromatic rings. The van der Waals surface area contributed by atoms with Crippen LogP contribution < -0.4 is 15.4 Å². The maximum atomic E-state index is 12.2. The number of amides is 2. The lowest BCUT2D eigenvalue weighted by atomic mass is 10.1. The van der Waals surface area contributed by atoms with Crippen molar-refractivity contribution < 1.29 is 14.3 Å². The van der Waals surface area contributed by atoms with Gasteiger partial charge in [0.15, 0.2) is 0 Å². The number of carbonyl (C=O) groups is 2. The Bertz CT molecular complexity index is 877. The molecular formula is C20H19BrN2O3. The summed E-state index contributed by atoms with van der Waals surface area (Å²) in [5.41, 5.74) is 3.17. The molecule has 0 aliphatic carbocycles. The largest absolute Gasteiger partial charge is 0.488 e. The van der Waals surface area contributed by atoms with Crippen molar-refractivity contribution in [2.45, 2.75) is 13.3 Å². The van der Waals surface area contributed by atoms with Crippen molar-refractivity contribution in [2.24, 2.45) is 0 Å². The Kier molecular flexibility index (Phi) is 5.73. The fourth-order valence-corrected chi connectivity index (χ4v) is 2.95. The minimum Gasteiger partial charge on any atom is -0.488 e. The van der Waals surface area contributed by atoms with Crippen LogP contribution in [0.5, 0.6) is 5.75 Å². The zero-order valence-electron chi connectivity index (χ0n) is 14.3. The molecule has 0 spiro atoms. The number of rotatable bonds is 5. The number of halogens is 1. The molecule has 2 amide bonds. The number of hydrogen-bond donors (Lipinski definition) is 2. The average Bonchev–Trinajstić information content (AvgIpc) is 2.64. The molecule has 2 N–H and O–H groups in total. The van der Waals surface area contributed by atoms with Crippen molar-refractivity contribution in [3.63, 3.8) is 0 Å². The number of aryl methyl sites for hydroxylation is 1. The lowest BCUT2D eigenvalue weighted by Crippen LogP contribution is -2.31. The topological polar surface area (TPSA) is 67.4 Å². The van der Waals surface area contributed by atoms with Gasteiger partial charge < -0.3 is 15.4 Å². The van der Waals surface area contributed by atoms with Gasteiger partial charge in [0.1, 0.15) is 12.4 Å². The lowest BCUT2D eigenvalue weighted by molar-refractivity contribution is -0.118. The van der Waals surface area contributed by atoms with Gasteiger partial charge in [-0.2, -0.15) is 0 Å². The highest BCUT2D eigenvalue weighted by Gasteiger charge is 2.16. The number of hydrogen-bond acceptors (Lipinski definition) is 3. The fourth-order valence-electron chi connectivity index (χ4n) is 2.59. The van der Waals surface area contributed by atoms with E-state index in [2.05, 4.69) is 26.6 Å².